The minimum atomic E-state index is -0.512. The van der Waals surface area contributed by atoms with Crippen LogP contribution in [0.1, 0.15) is 31.9 Å². The number of anilines is 1. The predicted octanol–water partition coefficient (Wildman–Crippen LogP) is 6.20. The number of carbonyl (C=O) groups excluding carboxylic acids is 1. The highest BCUT2D eigenvalue weighted by Gasteiger charge is 2.27. The van der Waals surface area contributed by atoms with Gasteiger partial charge in [-0.3, -0.25) is 0 Å². The predicted molar refractivity (Wildman–Crippen MR) is 159 cm³/mol. The molecule has 5 rings (SSSR count). The molecule has 8 nitrogen and oxygen atoms in total. The van der Waals surface area contributed by atoms with Crippen molar-refractivity contribution in [3.8, 4) is 17.1 Å². The summed E-state index contributed by atoms with van der Waals surface area (Å²) < 4.78 is 10.4. The average molecular weight is 543 g/mol. The normalized spacial score (nSPS) is 13.5. The van der Waals surface area contributed by atoms with Crippen molar-refractivity contribution in [1.82, 2.24) is 14.9 Å². The number of methoxy groups -OCH3 is 1. The second-order valence-electron chi connectivity index (χ2n) is 10.8. The third-order valence-corrected chi connectivity index (χ3v) is 6.36. The molecule has 3 aromatic carbocycles. The SMILES string of the molecule is COCc1ccccc1.Cc1ccc2c(N3CCN(C(=O)OC(C)(C)C)CC3)nc(-c3ccccc3O)nc2c1. The van der Waals surface area contributed by atoms with Crippen LogP contribution in [-0.2, 0) is 16.1 Å². The molecular formula is C32H38N4O4. The summed E-state index contributed by atoms with van der Waals surface area (Å²) in [6.07, 6.45) is -0.287. The number of hydrogen-bond donors (Lipinski definition) is 1. The number of phenolic OH excluding ortho intramolecular Hbond substituents is 1. The van der Waals surface area contributed by atoms with E-state index in [1.54, 1.807) is 24.1 Å². The van der Waals surface area contributed by atoms with Crippen molar-refractivity contribution in [1.29, 1.82) is 0 Å². The molecule has 40 heavy (non-hydrogen) atoms. The van der Waals surface area contributed by atoms with Crippen molar-refractivity contribution in [3.05, 3.63) is 83.9 Å². The van der Waals surface area contributed by atoms with Gasteiger partial charge in [-0.25, -0.2) is 14.8 Å². The fourth-order valence-electron chi connectivity index (χ4n) is 4.42. The Morgan fingerprint density at radius 1 is 0.925 bits per heavy atom. The van der Waals surface area contributed by atoms with Gasteiger partial charge in [0.25, 0.3) is 0 Å². The summed E-state index contributed by atoms with van der Waals surface area (Å²) in [7, 11) is 1.70. The van der Waals surface area contributed by atoms with Gasteiger partial charge in [-0.2, -0.15) is 0 Å². The van der Waals surface area contributed by atoms with Crippen LogP contribution >= 0.6 is 0 Å². The molecule has 1 aliphatic heterocycles. The first-order valence-corrected chi connectivity index (χ1v) is 13.5. The van der Waals surface area contributed by atoms with Crippen molar-refractivity contribution in [3.63, 3.8) is 0 Å². The Morgan fingerprint density at radius 3 is 2.25 bits per heavy atom. The Hall–Kier alpha value is -4.17. The van der Waals surface area contributed by atoms with Gasteiger partial charge in [-0.1, -0.05) is 48.5 Å². The number of aromatic nitrogens is 2. The van der Waals surface area contributed by atoms with Crippen molar-refractivity contribution in [2.75, 3.05) is 38.2 Å². The highest BCUT2D eigenvalue weighted by molar-refractivity contribution is 5.92. The van der Waals surface area contributed by atoms with Crippen LogP contribution in [0.15, 0.2) is 72.8 Å². The topological polar surface area (TPSA) is 88.0 Å². The van der Waals surface area contributed by atoms with Gasteiger partial charge in [-0.15, -0.1) is 0 Å². The van der Waals surface area contributed by atoms with Gasteiger partial charge in [0, 0.05) is 38.7 Å². The number of aromatic hydroxyl groups is 1. The molecule has 1 aliphatic rings. The summed E-state index contributed by atoms with van der Waals surface area (Å²) >= 11 is 0. The molecule has 0 bridgehead atoms. The van der Waals surface area contributed by atoms with Crippen LogP contribution < -0.4 is 4.90 Å². The lowest BCUT2D eigenvalue weighted by atomic mass is 10.1. The first kappa shape index (κ1) is 28.8. The van der Waals surface area contributed by atoms with Crippen LogP contribution in [0.4, 0.5) is 10.6 Å². The first-order valence-electron chi connectivity index (χ1n) is 13.5. The summed E-state index contributed by atoms with van der Waals surface area (Å²) in [5.74, 6) is 1.45. The number of phenols is 1. The van der Waals surface area contributed by atoms with Crippen LogP contribution in [0.5, 0.6) is 5.75 Å². The number of benzene rings is 3. The fraction of sp³-hybridized carbons (Fsp3) is 0.344. The number of fused-ring (bicyclic) bond motifs is 1. The molecular weight excluding hydrogens is 504 g/mol. The monoisotopic (exact) mass is 542 g/mol. The van der Waals surface area contributed by atoms with Crippen molar-refractivity contribution >= 4 is 22.8 Å². The zero-order chi connectivity index (χ0) is 28.7. The van der Waals surface area contributed by atoms with E-state index < -0.39 is 5.60 Å². The quantitative estimate of drug-likeness (QED) is 0.328. The molecule has 0 atom stereocenters. The molecule has 0 saturated carbocycles. The third kappa shape index (κ3) is 7.48. The second kappa shape index (κ2) is 12.8. The highest BCUT2D eigenvalue weighted by atomic mass is 16.6. The van der Waals surface area contributed by atoms with Crippen LogP contribution in [0, 0.1) is 6.92 Å². The smallest absolute Gasteiger partial charge is 0.410 e. The first-order chi connectivity index (χ1) is 19.1. The Labute approximate surface area is 236 Å². The Kier molecular flexibility index (Phi) is 9.22. The van der Waals surface area contributed by atoms with Gasteiger partial charge in [0.2, 0.25) is 0 Å². The maximum absolute atomic E-state index is 12.4. The van der Waals surface area contributed by atoms with E-state index in [2.05, 4.69) is 4.90 Å². The second-order valence-corrected chi connectivity index (χ2v) is 10.8. The molecule has 8 heteroatoms. The van der Waals surface area contributed by atoms with Crippen LogP contribution in [0.3, 0.4) is 0 Å². The van der Waals surface area contributed by atoms with Crippen molar-refractivity contribution < 1.29 is 19.4 Å². The van der Waals surface area contributed by atoms with E-state index in [1.165, 1.54) is 5.56 Å². The zero-order valence-electron chi connectivity index (χ0n) is 23.9. The minimum Gasteiger partial charge on any atom is -0.507 e. The molecule has 4 aromatic rings. The standard InChI is InChI=1S/C24H28N4O3.C8H10O/c1-16-9-10-17-19(15-16)25-21(18-7-5-6-8-20(18)29)26-22(17)27-11-13-28(14-12-27)23(30)31-24(2,3)4;1-9-7-8-5-3-2-4-6-8/h5-10,15,29H,11-14H2,1-4H3;2-6H,7H2,1H3. The van der Waals surface area contributed by atoms with Gasteiger partial charge in [-0.05, 0) is 63.1 Å². The summed E-state index contributed by atoms with van der Waals surface area (Å²) in [6.45, 7) is 10.7. The summed E-state index contributed by atoms with van der Waals surface area (Å²) in [4.78, 5) is 25.9. The molecule has 1 saturated heterocycles. The van der Waals surface area contributed by atoms with Crippen LogP contribution in [0.2, 0.25) is 0 Å². The number of aryl methyl sites for hydroxylation is 1. The number of amides is 1. The van der Waals surface area contributed by atoms with Crippen LogP contribution in [-0.4, -0.2) is 65.0 Å². The van der Waals surface area contributed by atoms with Crippen molar-refractivity contribution in [2.45, 2.75) is 39.9 Å². The molecule has 1 amide bonds. The van der Waals surface area contributed by atoms with E-state index in [-0.39, 0.29) is 11.8 Å². The lowest BCUT2D eigenvalue weighted by molar-refractivity contribution is 0.0240. The van der Waals surface area contributed by atoms with Gasteiger partial charge in [0.15, 0.2) is 5.82 Å². The molecule has 1 N–H and O–H groups in total. The third-order valence-electron chi connectivity index (χ3n) is 6.36. The summed E-state index contributed by atoms with van der Waals surface area (Å²) in [6, 6.07) is 23.3. The van der Waals surface area contributed by atoms with Gasteiger partial charge >= 0.3 is 6.09 Å². The van der Waals surface area contributed by atoms with Gasteiger partial charge < -0.3 is 24.4 Å². The molecule has 0 radical (unpaired) electrons. The maximum atomic E-state index is 12.4. The summed E-state index contributed by atoms with van der Waals surface area (Å²) in [5, 5.41) is 11.3. The molecule has 1 fully saturated rings. The molecule has 0 unspecified atom stereocenters. The number of rotatable bonds is 4. The molecule has 1 aromatic heterocycles. The number of carbonyl (C=O) groups is 1. The molecule has 2 heterocycles. The van der Waals surface area contributed by atoms with E-state index >= 15 is 0 Å². The Balaban J connectivity index is 0.000000350. The molecule has 0 spiro atoms. The Morgan fingerprint density at radius 2 is 1.60 bits per heavy atom. The van der Waals surface area contributed by atoms with Gasteiger partial charge in [0.1, 0.15) is 17.2 Å². The molecule has 210 valence electrons. The summed E-state index contributed by atoms with van der Waals surface area (Å²) in [5.41, 5.74) is 3.24. The van der Waals surface area contributed by atoms with E-state index in [0.29, 0.717) is 44.2 Å². The van der Waals surface area contributed by atoms with E-state index in [0.717, 1.165) is 22.3 Å². The highest BCUT2D eigenvalue weighted by Crippen LogP contribution is 2.32. The van der Waals surface area contributed by atoms with Crippen molar-refractivity contribution in [2.24, 2.45) is 0 Å². The Bertz CT molecular complexity index is 1430. The maximum Gasteiger partial charge on any atom is 0.410 e. The lowest BCUT2D eigenvalue weighted by Gasteiger charge is -2.36. The number of para-hydroxylation sites is 1. The van der Waals surface area contributed by atoms with Gasteiger partial charge in [0.05, 0.1) is 17.7 Å². The number of nitrogens with zero attached hydrogens (tertiary/aromatic N) is 4. The lowest BCUT2D eigenvalue weighted by Crippen LogP contribution is -2.50. The van der Waals surface area contributed by atoms with E-state index in [9.17, 15) is 9.90 Å². The fourth-order valence-corrected chi connectivity index (χ4v) is 4.42. The number of piperazine rings is 1. The van der Waals surface area contributed by atoms with E-state index in [4.69, 9.17) is 19.4 Å². The molecule has 0 aliphatic carbocycles. The van der Waals surface area contributed by atoms with E-state index in [1.807, 2.05) is 88.4 Å². The largest absolute Gasteiger partial charge is 0.507 e. The minimum absolute atomic E-state index is 0.148. The zero-order valence-corrected chi connectivity index (χ0v) is 23.9. The van der Waals surface area contributed by atoms with Crippen LogP contribution in [0.25, 0.3) is 22.3 Å². The average Bonchev–Trinajstić information content (AvgIpc) is 2.93. The number of ether oxygens (including phenoxy) is 2. The number of hydrogen-bond acceptors (Lipinski definition) is 7.